The van der Waals surface area contributed by atoms with Crippen LogP contribution in [0.2, 0.25) is 0 Å². The number of hydrogen-bond donors (Lipinski definition) is 1. The minimum atomic E-state index is 1.04. The van der Waals surface area contributed by atoms with Gasteiger partial charge in [-0.25, -0.2) is 4.98 Å². The van der Waals surface area contributed by atoms with Gasteiger partial charge in [0, 0.05) is 24.2 Å². The van der Waals surface area contributed by atoms with Gasteiger partial charge in [-0.1, -0.05) is 0 Å². The number of likely N-dealkylation sites (N-methyl/N-ethyl adjacent to an activating group) is 1. The fraction of sp³-hybridized carbons (Fsp3) is 0.700. The highest BCUT2D eigenvalue weighted by Crippen LogP contribution is 2.25. The van der Waals surface area contributed by atoms with E-state index in [0.29, 0.717) is 0 Å². The Bertz CT molecular complexity index is 279. The van der Waals surface area contributed by atoms with Crippen LogP contribution in [0.4, 0.5) is 5.13 Å². The van der Waals surface area contributed by atoms with Crippen LogP contribution in [0.25, 0.3) is 0 Å². The van der Waals surface area contributed by atoms with Crippen LogP contribution < -0.4 is 10.2 Å². The van der Waals surface area contributed by atoms with Gasteiger partial charge >= 0.3 is 0 Å². The average molecular weight is 211 g/mol. The summed E-state index contributed by atoms with van der Waals surface area (Å²) in [6.45, 7) is 3.43. The SMILES string of the molecule is CNCCc1cnc(N2CCCC2)s1. The van der Waals surface area contributed by atoms with Gasteiger partial charge in [0.25, 0.3) is 0 Å². The van der Waals surface area contributed by atoms with Crippen LogP contribution in [0.1, 0.15) is 17.7 Å². The van der Waals surface area contributed by atoms with E-state index in [0.717, 1.165) is 13.0 Å². The molecule has 4 heteroatoms. The Morgan fingerprint density at radius 3 is 3.00 bits per heavy atom. The van der Waals surface area contributed by atoms with Gasteiger partial charge in [0.1, 0.15) is 0 Å². The van der Waals surface area contributed by atoms with E-state index in [1.165, 1.54) is 35.9 Å². The normalized spacial score (nSPS) is 16.5. The van der Waals surface area contributed by atoms with Crippen LogP contribution in [0, 0.1) is 0 Å². The number of nitrogens with zero attached hydrogens (tertiary/aromatic N) is 2. The number of aromatic nitrogens is 1. The largest absolute Gasteiger partial charge is 0.348 e. The molecule has 0 amide bonds. The zero-order chi connectivity index (χ0) is 9.80. The van der Waals surface area contributed by atoms with E-state index in [2.05, 4.69) is 15.2 Å². The molecular weight excluding hydrogens is 194 g/mol. The van der Waals surface area contributed by atoms with Crippen molar-refractivity contribution in [3.8, 4) is 0 Å². The molecule has 78 valence electrons. The number of anilines is 1. The third-order valence-corrected chi connectivity index (χ3v) is 3.66. The first-order valence-electron chi connectivity index (χ1n) is 5.24. The molecule has 0 spiro atoms. The average Bonchev–Trinajstić information content (AvgIpc) is 2.85. The molecule has 2 heterocycles. The van der Waals surface area contributed by atoms with Crippen LogP contribution in [-0.2, 0) is 6.42 Å². The lowest BCUT2D eigenvalue weighted by Crippen LogP contribution is -2.16. The van der Waals surface area contributed by atoms with Crippen LogP contribution in [0.15, 0.2) is 6.20 Å². The summed E-state index contributed by atoms with van der Waals surface area (Å²) in [4.78, 5) is 8.25. The van der Waals surface area contributed by atoms with Crippen molar-refractivity contribution >= 4 is 16.5 Å². The molecule has 2 rings (SSSR count). The Labute approximate surface area is 89.1 Å². The molecule has 1 aromatic rings. The molecule has 1 N–H and O–H groups in total. The van der Waals surface area contributed by atoms with Crippen molar-refractivity contribution < 1.29 is 0 Å². The van der Waals surface area contributed by atoms with E-state index in [1.807, 2.05) is 24.6 Å². The Kier molecular flexibility index (Phi) is 3.37. The zero-order valence-corrected chi connectivity index (χ0v) is 9.44. The highest BCUT2D eigenvalue weighted by atomic mass is 32.1. The Hall–Kier alpha value is -0.610. The van der Waals surface area contributed by atoms with Crippen LogP contribution >= 0.6 is 11.3 Å². The van der Waals surface area contributed by atoms with Crippen molar-refractivity contribution in [3.05, 3.63) is 11.1 Å². The van der Waals surface area contributed by atoms with Gasteiger partial charge in [0.2, 0.25) is 0 Å². The summed E-state index contributed by atoms with van der Waals surface area (Å²) < 4.78 is 0. The highest BCUT2D eigenvalue weighted by molar-refractivity contribution is 7.15. The summed E-state index contributed by atoms with van der Waals surface area (Å²) in [6.07, 6.45) is 5.77. The predicted octanol–water partition coefficient (Wildman–Crippen LogP) is 1.51. The van der Waals surface area contributed by atoms with Crippen LogP contribution in [0.3, 0.4) is 0 Å². The van der Waals surface area contributed by atoms with E-state index in [9.17, 15) is 0 Å². The second-order valence-electron chi connectivity index (χ2n) is 3.66. The zero-order valence-electron chi connectivity index (χ0n) is 8.62. The molecule has 1 aliphatic heterocycles. The van der Waals surface area contributed by atoms with E-state index in [4.69, 9.17) is 0 Å². The molecule has 1 saturated heterocycles. The third kappa shape index (κ3) is 2.25. The lowest BCUT2D eigenvalue weighted by atomic mass is 10.4. The van der Waals surface area contributed by atoms with Crippen molar-refractivity contribution in [2.75, 3.05) is 31.6 Å². The minimum Gasteiger partial charge on any atom is -0.348 e. The standard InChI is InChI=1S/C10H17N3S/c1-11-5-4-9-8-12-10(14-9)13-6-2-3-7-13/h8,11H,2-7H2,1H3. The molecule has 1 fully saturated rings. The number of rotatable bonds is 4. The summed E-state index contributed by atoms with van der Waals surface area (Å²) in [6, 6.07) is 0. The van der Waals surface area contributed by atoms with Crippen molar-refractivity contribution in [1.82, 2.24) is 10.3 Å². The molecule has 0 unspecified atom stereocenters. The number of nitrogens with one attached hydrogen (secondary N) is 1. The molecule has 1 aliphatic rings. The molecule has 0 aliphatic carbocycles. The summed E-state index contributed by atoms with van der Waals surface area (Å²) >= 11 is 1.84. The van der Waals surface area contributed by atoms with Gasteiger partial charge in [0.15, 0.2) is 5.13 Å². The maximum atomic E-state index is 4.47. The summed E-state index contributed by atoms with van der Waals surface area (Å²) in [7, 11) is 1.99. The Balaban J connectivity index is 1.94. The van der Waals surface area contributed by atoms with E-state index in [-0.39, 0.29) is 0 Å². The quantitative estimate of drug-likeness (QED) is 0.818. The Morgan fingerprint density at radius 1 is 1.50 bits per heavy atom. The molecule has 1 aromatic heterocycles. The monoisotopic (exact) mass is 211 g/mol. The summed E-state index contributed by atoms with van der Waals surface area (Å²) in [5, 5.41) is 4.38. The van der Waals surface area contributed by atoms with Gasteiger partial charge < -0.3 is 10.2 Å². The molecule has 0 atom stereocenters. The van der Waals surface area contributed by atoms with E-state index < -0.39 is 0 Å². The van der Waals surface area contributed by atoms with Crippen molar-refractivity contribution in [1.29, 1.82) is 0 Å². The third-order valence-electron chi connectivity index (χ3n) is 2.54. The lowest BCUT2D eigenvalue weighted by Gasteiger charge is -2.11. The number of thiazole rings is 1. The molecule has 0 saturated carbocycles. The van der Waals surface area contributed by atoms with Gasteiger partial charge in [0.05, 0.1) is 0 Å². The first-order valence-corrected chi connectivity index (χ1v) is 6.06. The topological polar surface area (TPSA) is 28.2 Å². The second kappa shape index (κ2) is 4.75. The highest BCUT2D eigenvalue weighted by Gasteiger charge is 2.15. The van der Waals surface area contributed by atoms with Gasteiger partial charge in [-0.15, -0.1) is 11.3 Å². The molecule has 14 heavy (non-hydrogen) atoms. The van der Waals surface area contributed by atoms with E-state index >= 15 is 0 Å². The van der Waals surface area contributed by atoms with Gasteiger partial charge in [-0.2, -0.15) is 0 Å². The summed E-state index contributed by atoms with van der Waals surface area (Å²) in [5.41, 5.74) is 0. The Morgan fingerprint density at radius 2 is 2.29 bits per heavy atom. The summed E-state index contributed by atoms with van der Waals surface area (Å²) in [5.74, 6) is 0. The molecule has 3 nitrogen and oxygen atoms in total. The first kappa shape index (κ1) is 9.93. The lowest BCUT2D eigenvalue weighted by molar-refractivity contribution is 0.798. The molecular formula is C10H17N3S. The smallest absolute Gasteiger partial charge is 0.185 e. The molecule has 0 aromatic carbocycles. The van der Waals surface area contributed by atoms with Crippen molar-refractivity contribution in [3.63, 3.8) is 0 Å². The first-order chi connectivity index (χ1) is 6.90. The number of hydrogen-bond acceptors (Lipinski definition) is 4. The minimum absolute atomic E-state index is 1.04. The maximum absolute atomic E-state index is 4.47. The molecule has 0 bridgehead atoms. The van der Waals surface area contributed by atoms with Crippen LogP contribution in [-0.4, -0.2) is 31.7 Å². The van der Waals surface area contributed by atoms with Crippen molar-refractivity contribution in [2.24, 2.45) is 0 Å². The maximum Gasteiger partial charge on any atom is 0.185 e. The fourth-order valence-corrected chi connectivity index (χ4v) is 2.68. The van der Waals surface area contributed by atoms with Gasteiger partial charge in [-0.3, -0.25) is 0 Å². The van der Waals surface area contributed by atoms with E-state index in [1.54, 1.807) is 0 Å². The van der Waals surface area contributed by atoms with Crippen LogP contribution in [0.5, 0.6) is 0 Å². The van der Waals surface area contributed by atoms with Crippen molar-refractivity contribution in [2.45, 2.75) is 19.3 Å². The van der Waals surface area contributed by atoms with Gasteiger partial charge in [-0.05, 0) is 32.9 Å². The molecule has 0 radical (unpaired) electrons. The predicted molar refractivity (Wildman–Crippen MR) is 61.2 cm³/mol. The second-order valence-corrected chi connectivity index (χ2v) is 4.75. The fourth-order valence-electron chi connectivity index (χ4n) is 1.72.